The number of ether oxygens (including phenoxy) is 5. The van der Waals surface area contributed by atoms with Gasteiger partial charge in [-0.05, 0) is 61.1 Å². The van der Waals surface area contributed by atoms with Crippen LogP contribution < -0.4 is 9.64 Å². The third kappa shape index (κ3) is 8.74. The molecule has 3 aromatic carbocycles. The van der Waals surface area contributed by atoms with Gasteiger partial charge in [0.2, 0.25) is 0 Å². The van der Waals surface area contributed by atoms with E-state index in [9.17, 15) is 4.79 Å². The highest BCUT2D eigenvalue weighted by molar-refractivity contribution is 5.68. The number of anilines is 1. The Morgan fingerprint density at radius 3 is 2.48 bits per heavy atom. The molecule has 0 bridgehead atoms. The quantitative estimate of drug-likeness (QED) is 0.205. The standard InChI is InChI=1S/C36H46N2O6/c1-27(2)42-24-29-10-13-31(14-11-29)32-16-18-38(36(39)44-25-28-8-5-4-6-9-28)23-35(32)43-26-30-12-15-34-33(22-30)37(19-21-41-34)17-7-20-40-3/h4-6,8-15,22,27,32,35H,7,16-21,23-26H2,1-3H3. The summed E-state index contributed by atoms with van der Waals surface area (Å²) in [6.45, 7) is 9.63. The number of carbonyl (C=O) groups is 1. The van der Waals surface area contributed by atoms with Crippen molar-refractivity contribution in [3.05, 3.63) is 95.1 Å². The zero-order chi connectivity index (χ0) is 30.7. The first-order valence-electron chi connectivity index (χ1n) is 15.8. The number of methoxy groups -OCH3 is 1. The summed E-state index contributed by atoms with van der Waals surface area (Å²) >= 11 is 0. The van der Waals surface area contributed by atoms with E-state index < -0.39 is 0 Å². The average Bonchev–Trinajstić information content (AvgIpc) is 3.06. The van der Waals surface area contributed by atoms with Crippen LogP contribution in [0.15, 0.2) is 72.8 Å². The molecule has 0 spiro atoms. The van der Waals surface area contributed by atoms with Crippen molar-refractivity contribution in [2.24, 2.45) is 0 Å². The second kappa shape index (κ2) is 15.9. The van der Waals surface area contributed by atoms with Crippen LogP contribution in [0.5, 0.6) is 5.75 Å². The number of piperidine rings is 1. The minimum Gasteiger partial charge on any atom is -0.490 e. The Hall–Kier alpha value is -3.59. The monoisotopic (exact) mass is 602 g/mol. The molecule has 8 heteroatoms. The van der Waals surface area contributed by atoms with Crippen LogP contribution in [-0.4, -0.2) is 69.7 Å². The molecule has 2 atom stereocenters. The summed E-state index contributed by atoms with van der Waals surface area (Å²) in [6, 6.07) is 24.7. The smallest absolute Gasteiger partial charge is 0.410 e. The van der Waals surface area contributed by atoms with Gasteiger partial charge in [-0.3, -0.25) is 0 Å². The van der Waals surface area contributed by atoms with E-state index in [1.165, 1.54) is 5.56 Å². The SMILES string of the molecule is COCCCN1CCOc2ccc(COC3CN(C(=O)OCc4ccccc4)CCC3c3ccc(COC(C)C)cc3)cc21. The van der Waals surface area contributed by atoms with Gasteiger partial charge in [-0.15, -0.1) is 0 Å². The fraction of sp³-hybridized carbons (Fsp3) is 0.472. The highest BCUT2D eigenvalue weighted by Gasteiger charge is 2.34. The van der Waals surface area contributed by atoms with Crippen LogP contribution in [0.4, 0.5) is 10.5 Å². The van der Waals surface area contributed by atoms with Gasteiger partial charge in [0.05, 0.1) is 44.2 Å². The van der Waals surface area contributed by atoms with Crippen LogP contribution in [-0.2, 0) is 38.8 Å². The first kappa shape index (κ1) is 31.8. The minimum atomic E-state index is -0.306. The fourth-order valence-electron chi connectivity index (χ4n) is 5.81. The molecular formula is C36H46N2O6. The lowest BCUT2D eigenvalue weighted by atomic mass is 9.86. The maximum absolute atomic E-state index is 13.1. The first-order valence-corrected chi connectivity index (χ1v) is 15.8. The van der Waals surface area contributed by atoms with E-state index in [0.29, 0.717) is 32.9 Å². The molecule has 1 amide bonds. The van der Waals surface area contributed by atoms with Gasteiger partial charge in [-0.2, -0.15) is 0 Å². The molecule has 2 aliphatic heterocycles. The van der Waals surface area contributed by atoms with Crippen molar-refractivity contribution in [1.29, 1.82) is 0 Å². The van der Waals surface area contributed by atoms with Gasteiger partial charge < -0.3 is 33.5 Å². The third-order valence-electron chi connectivity index (χ3n) is 8.24. The van der Waals surface area contributed by atoms with Crippen LogP contribution in [0, 0.1) is 0 Å². The molecule has 8 nitrogen and oxygen atoms in total. The maximum atomic E-state index is 13.1. The van der Waals surface area contributed by atoms with Gasteiger partial charge in [-0.1, -0.05) is 60.7 Å². The Bertz CT molecular complexity index is 1320. The molecule has 1 fully saturated rings. The Balaban J connectivity index is 1.28. The molecule has 44 heavy (non-hydrogen) atoms. The predicted molar refractivity (Wildman–Crippen MR) is 171 cm³/mol. The number of hydrogen-bond donors (Lipinski definition) is 0. The lowest BCUT2D eigenvalue weighted by molar-refractivity contribution is -0.0246. The van der Waals surface area contributed by atoms with Crippen molar-refractivity contribution < 1.29 is 28.5 Å². The highest BCUT2D eigenvalue weighted by atomic mass is 16.6. The summed E-state index contributed by atoms with van der Waals surface area (Å²) in [5, 5.41) is 0. The molecule has 0 aromatic heterocycles. The van der Waals surface area contributed by atoms with E-state index in [1.807, 2.05) is 50.2 Å². The Morgan fingerprint density at radius 2 is 1.70 bits per heavy atom. The number of nitrogens with zero attached hydrogens (tertiary/aromatic N) is 2. The first-order chi connectivity index (χ1) is 21.5. The predicted octanol–water partition coefficient (Wildman–Crippen LogP) is 6.56. The summed E-state index contributed by atoms with van der Waals surface area (Å²) in [5.41, 5.74) is 5.50. The van der Waals surface area contributed by atoms with Gasteiger partial charge in [0, 0.05) is 32.7 Å². The van der Waals surface area contributed by atoms with Crippen LogP contribution in [0.1, 0.15) is 54.9 Å². The van der Waals surface area contributed by atoms with Gasteiger partial charge in [0.25, 0.3) is 0 Å². The molecule has 0 radical (unpaired) electrons. The van der Waals surface area contributed by atoms with Crippen molar-refractivity contribution in [3.8, 4) is 5.75 Å². The van der Waals surface area contributed by atoms with Crippen molar-refractivity contribution >= 4 is 11.8 Å². The zero-order valence-corrected chi connectivity index (χ0v) is 26.3. The molecule has 0 saturated carbocycles. The number of likely N-dealkylation sites (tertiary alicyclic amines) is 1. The molecule has 0 aliphatic carbocycles. The van der Waals surface area contributed by atoms with Crippen LogP contribution in [0.3, 0.4) is 0 Å². The number of benzene rings is 3. The number of rotatable bonds is 13. The van der Waals surface area contributed by atoms with Crippen molar-refractivity contribution in [1.82, 2.24) is 4.90 Å². The third-order valence-corrected chi connectivity index (χ3v) is 8.24. The van der Waals surface area contributed by atoms with E-state index in [4.69, 9.17) is 23.7 Å². The Morgan fingerprint density at radius 1 is 0.932 bits per heavy atom. The molecule has 2 heterocycles. The zero-order valence-electron chi connectivity index (χ0n) is 26.3. The Labute approximate surface area is 261 Å². The Kier molecular flexibility index (Phi) is 11.5. The van der Waals surface area contributed by atoms with Crippen molar-refractivity contribution in [2.75, 3.05) is 51.4 Å². The van der Waals surface area contributed by atoms with E-state index in [1.54, 1.807) is 12.0 Å². The number of fused-ring (bicyclic) bond motifs is 1. The van der Waals surface area contributed by atoms with Gasteiger partial charge in [-0.25, -0.2) is 4.79 Å². The average molecular weight is 603 g/mol. The molecule has 5 rings (SSSR count). The fourth-order valence-corrected chi connectivity index (χ4v) is 5.81. The summed E-state index contributed by atoms with van der Waals surface area (Å²) in [7, 11) is 1.74. The molecule has 2 aliphatic rings. The van der Waals surface area contributed by atoms with Crippen molar-refractivity contribution in [2.45, 2.75) is 64.6 Å². The molecule has 3 aromatic rings. The number of carbonyl (C=O) groups excluding carboxylic acids is 1. The van der Waals surface area contributed by atoms with Crippen LogP contribution in [0.25, 0.3) is 0 Å². The molecule has 236 valence electrons. The van der Waals surface area contributed by atoms with Gasteiger partial charge in [0.15, 0.2) is 0 Å². The van der Waals surface area contributed by atoms with Crippen molar-refractivity contribution in [3.63, 3.8) is 0 Å². The number of hydrogen-bond acceptors (Lipinski definition) is 7. The minimum absolute atomic E-state index is 0.153. The molecule has 1 saturated heterocycles. The maximum Gasteiger partial charge on any atom is 0.410 e. The normalized spacial score (nSPS) is 18.2. The second-order valence-electron chi connectivity index (χ2n) is 11.8. The van der Waals surface area contributed by atoms with E-state index in [-0.39, 0.29) is 30.8 Å². The summed E-state index contributed by atoms with van der Waals surface area (Å²) in [4.78, 5) is 17.3. The number of amides is 1. The topological polar surface area (TPSA) is 69.7 Å². The van der Waals surface area contributed by atoms with Gasteiger partial charge in [0.1, 0.15) is 19.0 Å². The lowest BCUT2D eigenvalue weighted by Crippen LogP contribution is -2.47. The van der Waals surface area contributed by atoms with Gasteiger partial charge >= 0.3 is 6.09 Å². The van der Waals surface area contributed by atoms with Crippen LogP contribution in [0.2, 0.25) is 0 Å². The van der Waals surface area contributed by atoms with E-state index in [0.717, 1.165) is 60.7 Å². The summed E-state index contributed by atoms with van der Waals surface area (Å²) in [5.74, 6) is 1.06. The molecule has 0 N–H and O–H groups in total. The molecule has 2 unspecified atom stereocenters. The highest BCUT2D eigenvalue weighted by Crippen LogP contribution is 2.35. The largest absolute Gasteiger partial charge is 0.490 e. The second-order valence-corrected chi connectivity index (χ2v) is 11.8. The lowest BCUT2D eigenvalue weighted by Gasteiger charge is -2.38. The van der Waals surface area contributed by atoms with Crippen LogP contribution >= 0.6 is 0 Å². The van der Waals surface area contributed by atoms with E-state index in [2.05, 4.69) is 41.3 Å². The summed E-state index contributed by atoms with van der Waals surface area (Å²) in [6.07, 6.45) is 1.44. The van der Waals surface area contributed by atoms with E-state index >= 15 is 0 Å². The molecular weight excluding hydrogens is 556 g/mol. The summed E-state index contributed by atoms with van der Waals surface area (Å²) < 4.78 is 29.3.